The molecular formula is C13H8BrF4N. The van der Waals surface area contributed by atoms with E-state index in [1.807, 2.05) is 0 Å². The molecule has 1 aromatic carbocycles. The second kappa shape index (κ2) is 5.28. The topological polar surface area (TPSA) is 12.9 Å². The Labute approximate surface area is 115 Å². The molecule has 0 atom stereocenters. The zero-order valence-electron chi connectivity index (χ0n) is 9.51. The van der Waals surface area contributed by atoms with Gasteiger partial charge in [0.1, 0.15) is 5.82 Å². The molecule has 0 saturated carbocycles. The van der Waals surface area contributed by atoms with Crippen molar-refractivity contribution in [1.82, 2.24) is 4.98 Å². The lowest BCUT2D eigenvalue weighted by Gasteiger charge is -2.12. The highest BCUT2D eigenvalue weighted by molar-refractivity contribution is 9.08. The van der Waals surface area contributed by atoms with Gasteiger partial charge in [0.2, 0.25) is 0 Å². The van der Waals surface area contributed by atoms with Gasteiger partial charge in [0, 0.05) is 22.7 Å². The van der Waals surface area contributed by atoms with Gasteiger partial charge in [-0.25, -0.2) is 4.39 Å². The summed E-state index contributed by atoms with van der Waals surface area (Å²) in [5, 5.41) is -0.0145. The summed E-state index contributed by atoms with van der Waals surface area (Å²) in [4.78, 5) is 3.75. The summed E-state index contributed by atoms with van der Waals surface area (Å²) < 4.78 is 52.2. The average Bonchev–Trinajstić information content (AvgIpc) is 2.37. The smallest absolute Gasteiger partial charge is 0.259 e. The molecular weight excluding hydrogens is 326 g/mol. The number of halogens is 5. The van der Waals surface area contributed by atoms with Crippen LogP contribution in [0.2, 0.25) is 0 Å². The Hall–Kier alpha value is -1.43. The van der Waals surface area contributed by atoms with E-state index in [-0.39, 0.29) is 22.2 Å². The van der Waals surface area contributed by atoms with Gasteiger partial charge in [0.15, 0.2) is 0 Å². The molecule has 2 rings (SSSR count). The van der Waals surface area contributed by atoms with E-state index in [0.29, 0.717) is 0 Å². The van der Waals surface area contributed by atoms with Gasteiger partial charge < -0.3 is 0 Å². The van der Waals surface area contributed by atoms with E-state index < -0.39 is 17.6 Å². The largest absolute Gasteiger partial charge is 0.418 e. The number of pyridine rings is 1. The van der Waals surface area contributed by atoms with E-state index in [1.54, 1.807) is 6.07 Å². The quantitative estimate of drug-likeness (QED) is 0.568. The fourth-order valence-corrected chi connectivity index (χ4v) is 2.13. The van der Waals surface area contributed by atoms with Crippen LogP contribution in [0, 0.1) is 5.82 Å². The summed E-state index contributed by atoms with van der Waals surface area (Å²) in [5.41, 5.74) is -0.769. The van der Waals surface area contributed by atoms with E-state index >= 15 is 0 Å². The van der Waals surface area contributed by atoms with Crippen molar-refractivity contribution in [3.8, 4) is 11.1 Å². The lowest BCUT2D eigenvalue weighted by atomic mass is 10.0. The van der Waals surface area contributed by atoms with Gasteiger partial charge >= 0.3 is 6.18 Å². The van der Waals surface area contributed by atoms with Gasteiger partial charge in [-0.15, -0.1) is 0 Å². The Morgan fingerprint density at radius 2 is 1.84 bits per heavy atom. The van der Waals surface area contributed by atoms with Crippen molar-refractivity contribution in [2.24, 2.45) is 0 Å². The molecule has 0 aliphatic heterocycles. The first-order chi connectivity index (χ1) is 8.93. The molecule has 0 fully saturated rings. The molecule has 0 aliphatic carbocycles. The summed E-state index contributed by atoms with van der Waals surface area (Å²) in [5.74, 6) is -0.580. The van der Waals surface area contributed by atoms with Crippen LogP contribution in [0.15, 0.2) is 36.5 Å². The maximum atomic E-state index is 13.6. The predicted octanol–water partition coefficient (Wildman–Crippen LogP) is 4.80. The van der Waals surface area contributed by atoms with Crippen molar-refractivity contribution in [3.05, 3.63) is 53.6 Å². The molecule has 0 radical (unpaired) electrons. The Morgan fingerprint density at radius 3 is 2.42 bits per heavy atom. The zero-order valence-corrected chi connectivity index (χ0v) is 11.1. The zero-order chi connectivity index (χ0) is 14.0. The Morgan fingerprint density at radius 1 is 1.16 bits per heavy atom. The van der Waals surface area contributed by atoms with Gasteiger partial charge in [-0.1, -0.05) is 34.1 Å². The van der Waals surface area contributed by atoms with E-state index in [0.717, 1.165) is 6.07 Å². The van der Waals surface area contributed by atoms with Gasteiger partial charge in [-0.3, -0.25) is 4.98 Å². The monoisotopic (exact) mass is 333 g/mol. The molecule has 0 amide bonds. The number of alkyl halides is 4. The van der Waals surface area contributed by atoms with Crippen molar-refractivity contribution in [2.75, 3.05) is 0 Å². The van der Waals surface area contributed by atoms with Crippen LogP contribution in [0.25, 0.3) is 11.1 Å². The summed E-state index contributed by atoms with van der Waals surface area (Å²) in [6.45, 7) is 0. The van der Waals surface area contributed by atoms with Crippen LogP contribution in [0.3, 0.4) is 0 Å². The van der Waals surface area contributed by atoms with Crippen LogP contribution < -0.4 is 0 Å². The van der Waals surface area contributed by atoms with Crippen molar-refractivity contribution >= 4 is 15.9 Å². The first-order valence-electron chi connectivity index (χ1n) is 5.30. The van der Waals surface area contributed by atoms with E-state index in [4.69, 9.17) is 0 Å². The van der Waals surface area contributed by atoms with Gasteiger partial charge in [0.25, 0.3) is 0 Å². The van der Waals surface area contributed by atoms with Crippen LogP contribution in [0.4, 0.5) is 17.6 Å². The molecule has 1 nitrogen and oxygen atoms in total. The molecule has 19 heavy (non-hydrogen) atoms. The number of rotatable bonds is 2. The number of hydrogen-bond acceptors (Lipinski definition) is 1. The van der Waals surface area contributed by atoms with E-state index in [9.17, 15) is 17.6 Å². The highest BCUT2D eigenvalue weighted by Gasteiger charge is 2.34. The number of nitrogens with zero attached hydrogens (tertiary/aromatic N) is 1. The van der Waals surface area contributed by atoms with Crippen LogP contribution in [0.1, 0.15) is 11.3 Å². The third-order valence-electron chi connectivity index (χ3n) is 2.59. The molecule has 1 heterocycles. The second-order valence-corrected chi connectivity index (χ2v) is 4.39. The highest BCUT2D eigenvalue weighted by atomic mass is 79.9. The molecule has 0 aliphatic rings. The van der Waals surface area contributed by atoms with Crippen molar-refractivity contribution in [1.29, 1.82) is 0 Å². The Balaban J connectivity index is 2.59. The lowest BCUT2D eigenvalue weighted by Crippen LogP contribution is -2.10. The van der Waals surface area contributed by atoms with E-state index in [2.05, 4.69) is 20.9 Å². The number of benzene rings is 1. The number of hydrogen-bond donors (Lipinski definition) is 0. The van der Waals surface area contributed by atoms with Gasteiger partial charge in [-0.05, 0) is 12.1 Å². The van der Waals surface area contributed by atoms with Crippen LogP contribution in [-0.4, -0.2) is 4.98 Å². The molecule has 0 spiro atoms. The molecule has 1 aromatic heterocycles. The molecule has 0 saturated heterocycles. The number of aromatic nitrogens is 1. The maximum absolute atomic E-state index is 13.6. The van der Waals surface area contributed by atoms with Crippen molar-refractivity contribution < 1.29 is 17.6 Å². The SMILES string of the molecule is Fc1ccccc1-c1cnc(CBr)c(C(F)(F)F)c1. The fraction of sp³-hybridized carbons (Fsp3) is 0.154. The molecule has 0 N–H and O–H groups in total. The summed E-state index contributed by atoms with van der Waals surface area (Å²) in [6.07, 6.45) is -3.28. The minimum atomic E-state index is -4.52. The lowest BCUT2D eigenvalue weighted by molar-refractivity contribution is -0.138. The van der Waals surface area contributed by atoms with Crippen molar-refractivity contribution in [2.45, 2.75) is 11.5 Å². The van der Waals surface area contributed by atoms with Crippen LogP contribution in [0.5, 0.6) is 0 Å². The molecule has 0 unspecified atom stereocenters. The maximum Gasteiger partial charge on any atom is 0.418 e. The third-order valence-corrected chi connectivity index (χ3v) is 3.12. The normalized spacial score (nSPS) is 11.6. The standard InChI is InChI=1S/C13H8BrF4N/c14-6-12-10(13(16,17)18)5-8(7-19-12)9-3-1-2-4-11(9)15/h1-5,7H,6H2. The first-order valence-corrected chi connectivity index (χ1v) is 6.42. The minimum Gasteiger partial charge on any atom is -0.259 e. The minimum absolute atomic E-state index is 0.0145. The van der Waals surface area contributed by atoms with Crippen molar-refractivity contribution in [3.63, 3.8) is 0 Å². The van der Waals surface area contributed by atoms with Crippen LogP contribution >= 0.6 is 15.9 Å². The third kappa shape index (κ3) is 2.94. The van der Waals surface area contributed by atoms with E-state index in [1.165, 1.54) is 24.4 Å². The second-order valence-electron chi connectivity index (χ2n) is 3.83. The predicted molar refractivity (Wildman–Crippen MR) is 67.3 cm³/mol. The molecule has 0 bridgehead atoms. The highest BCUT2D eigenvalue weighted by Crippen LogP contribution is 2.35. The average molecular weight is 334 g/mol. The fourth-order valence-electron chi connectivity index (χ4n) is 1.69. The molecule has 2 aromatic rings. The first kappa shape index (κ1) is 14.0. The van der Waals surface area contributed by atoms with Gasteiger partial charge in [-0.2, -0.15) is 13.2 Å². The summed E-state index contributed by atoms with van der Waals surface area (Å²) in [7, 11) is 0. The Bertz CT molecular complexity index is 595. The molecule has 100 valence electrons. The Kier molecular flexibility index (Phi) is 3.89. The van der Waals surface area contributed by atoms with Gasteiger partial charge in [0.05, 0.1) is 11.3 Å². The molecule has 6 heteroatoms. The summed E-state index contributed by atoms with van der Waals surface area (Å²) >= 11 is 2.96. The van der Waals surface area contributed by atoms with Crippen LogP contribution in [-0.2, 0) is 11.5 Å². The summed E-state index contributed by atoms with van der Waals surface area (Å²) in [6, 6.07) is 6.57.